The Kier molecular flexibility index (Phi) is 7.33. The first-order chi connectivity index (χ1) is 9.70. The van der Waals surface area contributed by atoms with Gasteiger partial charge in [-0.2, -0.15) is 0 Å². The smallest absolute Gasteiger partial charge is 0.192 e. The van der Waals surface area contributed by atoms with Gasteiger partial charge in [0.05, 0.1) is 13.1 Å². The molecule has 0 radical (unpaired) electrons. The molecule has 5 heteroatoms. The molecule has 0 heterocycles. The van der Waals surface area contributed by atoms with Crippen molar-refractivity contribution in [3.8, 4) is 12.3 Å². The molecule has 21 heavy (non-hydrogen) atoms. The number of halogens is 2. The number of rotatable bonds is 5. The van der Waals surface area contributed by atoms with Crippen molar-refractivity contribution < 1.29 is 0 Å². The van der Waals surface area contributed by atoms with Crippen molar-refractivity contribution >= 4 is 41.5 Å². The van der Waals surface area contributed by atoms with Crippen LogP contribution in [0.5, 0.6) is 0 Å². The topological polar surface area (TPSA) is 36.4 Å². The average molecular weight is 418 g/mol. The minimum absolute atomic E-state index is 0. The van der Waals surface area contributed by atoms with Crippen molar-refractivity contribution in [2.45, 2.75) is 25.2 Å². The summed E-state index contributed by atoms with van der Waals surface area (Å²) in [6.45, 7) is 4.12. The number of guanidine groups is 1. The third-order valence-electron chi connectivity index (χ3n) is 3.55. The summed E-state index contributed by atoms with van der Waals surface area (Å²) in [5.74, 6) is 3.34. The first-order valence-electron chi connectivity index (χ1n) is 6.92. The first-order valence-corrected chi connectivity index (χ1v) is 7.30. The monoisotopic (exact) mass is 417 g/mol. The van der Waals surface area contributed by atoms with E-state index in [1.165, 1.54) is 18.4 Å². The number of hydrogen-bond acceptors (Lipinski definition) is 1. The lowest BCUT2D eigenvalue weighted by molar-refractivity contribution is 0.696. The average Bonchev–Trinajstić information content (AvgIpc) is 3.24. The number of terminal acetylenes is 1. The van der Waals surface area contributed by atoms with Crippen LogP contribution in [-0.2, 0) is 5.41 Å². The van der Waals surface area contributed by atoms with Gasteiger partial charge in [0.25, 0.3) is 0 Å². The van der Waals surface area contributed by atoms with Crippen molar-refractivity contribution in [3.05, 3.63) is 34.9 Å². The highest BCUT2D eigenvalue weighted by Crippen LogP contribution is 2.48. The number of hydrogen-bond donors (Lipinski definition) is 2. The fourth-order valence-corrected chi connectivity index (χ4v) is 2.33. The number of aliphatic imine (C=N–C) groups is 1. The van der Waals surface area contributed by atoms with Crippen molar-refractivity contribution in [1.82, 2.24) is 10.6 Å². The third kappa shape index (κ3) is 5.08. The Balaban J connectivity index is 0.00000220. The highest BCUT2D eigenvalue weighted by molar-refractivity contribution is 14.0. The van der Waals surface area contributed by atoms with Crippen LogP contribution in [0.4, 0.5) is 0 Å². The van der Waals surface area contributed by atoms with Gasteiger partial charge in [-0.25, -0.2) is 0 Å². The molecule has 0 aliphatic heterocycles. The van der Waals surface area contributed by atoms with Gasteiger partial charge < -0.3 is 10.6 Å². The van der Waals surface area contributed by atoms with Crippen LogP contribution < -0.4 is 10.6 Å². The second kappa shape index (κ2) is 8.50. The van der Waals surface area contributed by atoms with Gasteiger partial charge >= 0.3 is 0 Å². The van der Waals surface area contributed by atoms with Crippen LogP contribution in [0.25, 0.3) is 0 Å². The molecule has 0 amide bonds. The van der Waals surface area contributed by atoms with Crippen molar-refractivity contribution in [2.24, 2.45) is 4.99 Å². The number of benzene rings is 1. The number of nitrogens with zero attached hydrogens (tertiary/aromatic N) is 1. The summed E-state index contributed by atoms with van der Waals surface area (Å²) in [6.07, 6.45) is 7.61. The first kappa shape index (κ1) is 18.1. The number of nitrogens with one attached hydrogen (secondary N) is 2. The van der Waals surface area contributed by atoms with E-state index in [1.807, 2.05) is 19.1 Å². The predicted octanol–water partition coefficient (Wildman–Crippen LogP) is 3.18. The van der Waals surface area contributed by atoms with Gasteiger partial charge in [-0.15, -0.1) is 30.4 Å². The molecule has 1 aromatic carbocycles. The van der Waals surface area contributed by atoms with Crippen LogP contribution in [-0.4, -0.2) is 25.6 Å². The standard InChI is InChI=1S/C16H20ClN3.HI/c1-3-11-19-15(18-4-2)20-12-16(9-10-16)13-5-7-14(17)8-6-13;/h1,5-8H,4,9-12H2,2H3,(H2,18,19,20);1H. The molecule has 2 rings (SSSR count). The second-order valence-electron chi connectivity index (χ2n) is 5.04. The normalized spacial score (nSPS) is 15.6. The van der Waals surface area contributed by atoms with E-state index < -0.39 is 0 Å². The second-order valence-corrected chi connectivity index (χ2v) is 5.48. The molecule has 0 saturated heterocycles. The molecule has 1 aliphatic carbocycles. The van der Waals surface area contributed by atoms with Gasteiger partial charge in [0.15, 0.2) is 5.96 Å². The van der Waals surface area contributed by atoms with Crippen molar-refractivity contribution in [2.75, 3.05) is 19.6 Å². The molecular weight excluding hydrogens is 397 g/mol. The van der Waals surface area contributed by atoms with E-state index in [4.69, 9.17) is 18.0 Å². The molecule has 1 saturated carbocycles. The van der Waals surface area contributed by atoms with E-state index in [1.54, 1.807) is 0 Å². The maximum atomic E-state index is 5.94. The third-order valence-corrected chi connectivity index (χ3v) is 3.80. The lowest BCUT2D eigenvalue weighted by Crippen LogP contribution is -2.38. The lowest BCUT2D eigenvalue weighted by Gasteiger charge is -2.15. The van der Waals surface area contributed by atoms with Crippen LogP contribution in [0.1, 0.15) is 25.3 Å². The Morgan fingerprint density at radius 3 is 2.52 bits per heavy atom. The van der Waals surface area contributed by atoms with Crippen molar-refractivity contribution in [3.63, 3.8) is 0 Å². The molecule has 0 aromatic heterocycles. The SMILES string of the molecule is C#CCNC(=NCC1(c2ccc(Cl)cc2)CC1)NCC.I. The Morgan fingerprint density at radius 2 is 2.00 bits per heavy atom. The quantitative estimate of drug-likeness (QED) is 0.334. The maximum absolute atomic E-state index is 5.94. The molecule has 0 spiro atoms. The minimum atomic E-state index is 0. The molecular formula is C16H21ClIN3. The predicted molar refractivity (Wildman–Crippen MR) is 101 cm³/mol. The molecule has 0 bridgehead atoms. The van der Waals surface area contributed by atoms with Gasteiger partial charge in [-0.05, 0) is 37.5 Å². The summed E-state index contributed by atoms with van der Waals surface area (Å²) in [6, 6.07) is 8.10. The van der Waals surface area contributed by atoms with Crippen LogP contribution in [0.15, 0.2) is 29.3 Å². The van der Waals surface area contributed by atoms with E-state index in [0.717, 1.165) is 24.1 Å². The molecule has 2 N–H and O–H groups in total. The zero-order valence-corrected chi connectivity index (χ0v) is 15.2. The van der Waals surface area contributed by atoms with Gasteiger partial charge in [-0.1, -0.05) is 29.7 Å². The zero-order chi connectivity index (χ0) is 14.4. The summed E-state index contributed by atoms with van der Waals surface area (Å²) in [4.78, 5) is 4.65. The highest BCUT2D eigenvalue weighted by atomic mass is 127. The lowest BCUT2D eigenvalue weighted by atomic mass is 9.96. The summed E-state index contributed by atoms with van der Waals surface area (Å²) in [7, 11) is 0. The van der Waals surface area contributed by atoms with Gasteiger partial charge in [0.2, 0.25) is 0 Å². The van der Waals surface area contributed by atoms with Crippen LogP contribution in [0.3, 0.4) is 0 Å². The highest BCUT2D eigenvalue weighted by Gasteiger charge is 2.44. The molecule has 1 aliphatic rings. The largest absolute Gasteiger partial charge is 0.357 e. The Bertz CT molecular complexity index is 515. The van der Waals surface area contributed by atoms with Gasteiger partial charge in [-0.3, -0.25) is 4.99 Å². The van der Waals surface area contributed by atoms with Gasteiger partial charge in [0.1, 0.15) is 0 Å². The van der Waals surface area contributed by atoms with Gasteiger partial charge in [0, 0.05) is 17.0 Å². The molecule has 0 atom stereocenters. The minimum Gasteiger partial charge on any atom is -0.357 e. The molecule has 3 nitrogen and oxygen atoms in total. The van der Waals surface area contributed by atoms with E-state index in [2.05, 4.69) is 33.7 Å². The van der Waals surface area contributed by atoms with Crippen LogP contribution in [0, 0.1) is 12.3 Å². The molecule has 1 fully saturated rings. The Hall–Kier alpha value is -0.930. The summed E-state index contributed by atoms with van der Waals surface area (Å²) in [5.41, 5.74) is 1.50. The summed E-state index contributed by atoms with van der Waals surface area (Å²) >= 11 is 5.94. The Morgan fingerprint density at radius 1 is 1.33 bits per heavy atom. The van der Waals surface area contributed by atoms with E-state index in [9.17, 15) is 0 Å². The van der Waals surface area contributed by atoms with Crippen molar-refractivity contribution in [1.29, 1.82) is 0 Å². The fourth-order valence-electron chi connectivity index (χ4n) is 2.20. The van der Waals surface area contributed by atoms with Crippen LogP contribution in [0.2, 0.25) is 5.02 Å². The summed E-state index contributed by atoms with van der Waals surface area (Å²) < 4.78 is 0. The fraction of sp³-hybridized carbons (Fsp3) is 0.438. The molecule has 114 valence electrons. The van der Waals surface area contributed by atoms with E-state index >= 15 is 0 Å². The zero-order valence-electron chi connectivity index (χ0n) is 12.2. The molecule has 0 unspecified atom stereocenters. The summed E-state index contributed by atoms with van der Waals surface area (Å²) in [5, 5.41) is 7.09. The maximum Gasteiger partial charge on any atom is 0.192 e. The Labute approximate surface area is 149 Å². The van der Waals surface area contributed by atoms with E-state index in [-0.39, 0.29) is 29.4 Å². The van der Waals surface area contributed by atoms with Crippen LogP contribution >= 0.6 is 35.6 Å². The van der Waals surface area contributed by atoms with E-state index in [0.29, 0.717) is 6.54 Å². The molecule has 1 aromatic rings.